The highest BCUT2D eigenvalue weighted by atomic mass is 16.1. The smallest absolute Gasteiger partial charge is 0.219 e. The number of nitrogens with two attached hydrogens (primary N) is 2. The highest BCUT2D eigenvalue weighted by molar-refractivity contribution is 6.04. The van der Waals surface area contributed by atoms with Gasteiger partial charge in [0.05, 0.1) is 18.3 Å². The van der Waals surface area contributed by atoms with E-state index < -0.39 is 5.41 Å². The van der Waals surface area contributed by atoms with E-state index >= 15 is 0 Å². The normalized spacial score (nSPS) is 16.1. The van der Waals surface area contributed by atoms with Gasteiger partial charge in [-0.1, -0.05) is 24.3 Å². The average molecular weight is 446 g/mol. The van der Waals surface area contributed by atoms with Gasteiger partial charge in [-0.3, -0.25) is 9.48 Å². The van der Waals surface area contributed by atoms with Gasteiger partial charge in [-0.05, 0) is 50.9 Å². The quantitative estimate of drug-likeness (QED) is 0.384. The zero-order valence-corrected chi connectivity index (χ0v) is 19.4. The first kappa shape index (κ1) is 22.7. The van der Waals surface area contributed by atoms with Gasteiger partial charge in [0, 0.05) is 47.9 Å². The van der Waals surface area contributed by atoms with Gasteiger partial charge >= 0.3 is 0 Å². The van der Waals surface area contributed by atoms with Crippen molar-refractivity contribution in [3.05, 3.63) is 72.0 Å². The maximum atomic E-state index is 12.9. The molecule has 1 fully saturated rings. The number of anilines is 1. The maximum absolute atomic E-state index is 12.9. The molecule has 0 radical (unpaired) electrons. The lowest BCUT2D eigenvalue weighted by Gasteiger charge is -2.31. The van der Waals surface area contributed by atoms with Crippen LogP contribution >= 0.6 is 0 Å². The van der Waals surface area contributed by atoms with Crippen LogP contribution in [-0.4, -0.2) is 51.1 Å². The first-order valence-electron chi connectivity index (χ1n) is 11.1. The summed E-state index contributed by atoms with van der Waals surface area (Å²) in [7, 11) is 4.02. The summed E-state index contributed by atoms with van der Waals surface area (Å²) in [6.45, 7) is 3.71. The van der Waals surface area contributed by atoms with Crippen molar-refractivity contribution in [3.63, 3.8) is 0 Å². The highest BCUT2D eigenvalue weighted by Gasteiger charge is 2.45. The topological polar surface area (TPSA) is 116 Å². The molecule has 4 N–H and O–H groups in total. The van der Waals surface area contributed by atoms with Crippen molar-refractivity contribution in [3.8, 4) is 11.1 Å². The Morgan fingerprint density at radius 3 is 2.42 bits per heavy atom. The zero-order valence-electron chi connectivity index (χ0n) is 19.4. The van der Waals surface area contributed by atoms with Gasteiger partial charge in [0.2, 0.25) is 5.95 Å². The van der Waals surface area contributed by atoms with Crippen LogP contribution in [0.3, 0.4) is 0 Å². The lowest BCUT2D eigenvalue weighted by atomic mass is 9.74. The summed E-state index contributed by atoms with van der Waals surface area (Å²) < 4.78 is 1.79. The minimum Gasteiger partial charge on any atom is -0.401 e. The highest BCUT2D eigenvalue weighted by Crippen LogP contribution is 2.50. The third kappa shape index (κ3) is 4.96. The van der Waals surface area contributed by atoms with E-state index in [-0.39, 0.29) is 11.7 Å². The SMILES string of the molecule is CN(C)CCn1cc(C(=O)/C=C(\N)[C@@](C)(c2ccc(-c3cnc(N)nc3)cc2)C2CC2)cn1. The number of carbonyl (C=O) groups is 1. The Morgan fingerprint density at radius 1 is 1.15 bits per heavy atom. The molecule has 8 nitrogen and oxygen atoms in total. The van der Waals surface area contributed by atoms with E-state index in [2.05, 4.69) is 39.0 Å². The van der Waals surface area contributed by atoms with Crippen molar-refractivity contribution in [1.82, 2.24) is 24.6 Å². The molecule has 1 atom stereocenters. The molecule has 0 amide bonds. The summed E-state index contributed by atoms with van der Waals surface area (Å²) in [6.07, 6.45) is 10.6. The van der Waals surface area contributed by atoms with Crippen LogP contribution in [-0.2, 0) is 12.0 Å². The van der Waals surface area contributed by atoms with Crippen LogP contribution in [0.2, 0.25) is 0 Å². The number of carbonyl (C=O) groups excluding carboxylic acids is 1. The molecule has 0 unspecified atom stereocenters. The molecule has 172 valence electrons. The first-order chi connectivity index (χ1) is 15.8. The standard InChI is InChI=1S/C25H31N7O/c1-25(21-8-9-21,20-6-4-17(5-7-20)18-13-28-24(27)29-14-18)23(26)12-22(33)19-15-30-32(16-19)11-10-31(2)3/h4-7,12-16,21H,8-11,26H2,1-3H3,(H2,27,28,29)/b23-12-/t25-/m0/s1. The zero-order chi connectivity index (χ0) is 23.6. The molecule has 4 rings (SSSR count). The third-order valence-corrected chi connectivity index (χ3v) is 6.46. The summed E-state index contributed by atoms with van der Waals surface area (Å²) in [6, 6.07) is 8.23. The van der Waals surface area contributed by atoms with Gasteiger partial charge < -0.3 is 16.4 Å². The lowest BCUT2D eigenvalue weighted by Crippen LogP contribution is -2.32. The number of hydrogen-bond donors (Lipinski definition) is 2. The Morgan fingerprint density at radius 2 is 1.82 bits per heavy atom. The summed E-state index contributed by atoms with van der Waals surface area (Å²) >= 11 is 0. The van der Waals surface area contributed by atoms with Crippen molar-refractivity contribution < 1.29 is 4.79 Å². The lowest BCUT2D eigenvalue weighted by molar-refractivity contribution is 0.104. The molecule has 8 heteroatoms. The Bertz CT molecular complexity index is 1140. The molecule has 1 aliphatic carbocycles. The Balaban J connectivity index is 1.56. The van der Waals surface area contributed by atoms with Gasteiger partial charge in [-0.25, -0.2) is 9.97 Å². The maximum Gasteiger partial charge on any atom is 0.219 e. The molecular formula is C25H31N7O. The van der Waals surface area contributed by atoms with Gasteiger partial charge in [-0.15, -0.1) is 0 Å². The van der Waals surface area contributed by atoms with Crippen LogP contribution < -0.4 is 11.5 Å². The predicted molar refractivity (Wildman–Crippen MR) is 129 cm³/mol. The summed E-state index contributed by atoms with van der Waals surface area (Å²) in [4.78, 5) is 23.2. The molecular weight excluding hydrogens is 414 g/mol. The average Bonchev–Trinajstić information content (AvgIpc) is 3.55. The molecule has 0 aliphatic heterocycles. The molecule has 33 heavy (non-hydrogen) atoms. The molecule has 1 aromatic carbocycles. The fourth-order valence-corrected chi connectivity index (χ4v) is 4.08. The summed E-state index contributed by atoms with van der Waals surface area (Å²) in [5.41, 5.74) is 15.9. The molecule has 1 aliphatic rings. The van der Waals surface area contributed by atoms with E-state index in [1.165, 1.54) is 0 Å². The molecule has 1 saturated carbocycles. The number of likely N-dealkylation sites (N-methyl/N-ethyl adjacent to an activating group) is 1. The second kappa shape index (κ2) is 9.15. The number of ketones is 1. The molecule has 0 bridgehead atoms. The molecule has 3 aromatic rings. The van der Waals surface area contributed by atoms with Crippen LogP contribution in [0.25, 0.3) is 11.1 Å². The van der Waals surface area contributed by atoms with Crippen molar-refractivity contribution in [1.29, 1.82) is 0 Å². The van der Waals surface area contributed by atoms with Crippen LogP contribution in [0.1, 0.15) is 35.7 Å². The molecule has 0 spiro atoms. The van der Waals surface area contributed by atoms with Gasteiger partial charge in [0.1, 0.15) is 0 Å². The first-order valence-corrected chi connectivity index (χ1v) is 11.1. The third-order valence-electron chi connectivity index (χ3n) is 6.46. The summed E-state index contributed by atoms with van der Waals surface area (Å²) in [5.74, 6) is 0.545. The second-order valence-electron chi connectivity index (χ2n) is 9.14. The second-order valence-corrected chi connectivity index (χ2v) is 9.14. The predicted octanol–water partition coefficient (Wildman–Crippen LogP) is 2.88. The van der Waals surface area contributed by atoms with Crippen LogP contribution in [0.15, 0.2) is 60.8 Å². The van der Waals surface area contributed by atoms with E-state index in [1.807, 2.05) is 26.2 Å². The number of rotatable bonds is 9. The van der Waals surface area contributed by atoms with Crippen molar-refractivity contribution in [2.45, 2.75) is 31.7 Å². The Hall–Kier alpha value is -3.52. The number of benzene rings is 1. The van der Waals surface area contributed by atoms with E-state index in [0.717, 1.165) is 42.6 Å². The van der Waals surface area contributed by atoms with Crippen molar-refractivity contribution in [2.24, 2.45) is 11.7 Å². The number of allylic oxidation sites excluding steroid dienone is 2. The fraction of sp³-hybridized carbons (Fsp3) is 0.360. The Labute approximate surface area is 194 Å². The van der Waals surface area contributed by atoms with Gasteiger partial charge in [0.25, 0.3) is 0 Å². The van der Waals surface area contributed by atoms with Crippen molar-refractivity contribution >= 4 is 11.7 Å². The number of hydrogen-bond acceptors (Lipinski definition) is 7. The van der Waals surface area contributed by atoms with E-state index in [9.17, 15) is 4.79 Å². The number of nitrogen functional groups attached to an aromatic ring is 1. The van der Waals surface area contributed by atoms with Gasteiger partial charge in [0.15, 0.2) is 5.78 Å². The largest absolute Gasteiger partial charge is 0.401 e. The van der Waals surface area contributed by atoms with Crippen LogP contribution in [0, 0.1) is 5.92 Å². The minimum absolute atomic E-state index is 0.119. The fourth-order valence-electron chi connectivity index (χ4n) is 4.08. The van der Waals surface area contributed by atoms with Crippen LogP contribution in [0.4, 0.5) is 5.95 Å². The number of nitrogens with zero attached hydrogens (tertiary/aromatic N) is 5. The van der Waals surface area contributed by atoms with Crippen molar-refractivity contribution in [2.75, 3.05) is 26.4 Å². The van der Waals surface area contributed by atoms with E-state index in [0.29, 0.717) is 17.2 Å². The Kier molecular flexibility index (Phi) is 6.29. The molecule has 2 heterocycles. The molecule has 2 aromatic heterocycles. The minimum atomic E-state index is -0.410. The van der Waals surface area contributed by atoms with Gasteiger partial charge in [-0.2, -0.15) is 5.10 Å². The van der Waals surface area contributed by atoms with Crippen LogP contribution in [0.5, 0.6) is 0 Å². The number of aromatic nitrogens is 4. The summed E-state index contributed by atoms with van der Waals surface area (Å²) in [5, 5.41) is 4.31. The van der Waals surface area contributed by atoms with E-state index in [1.54, 1.807) is 35.5 Å². The molecule has 0 saturated heterocycles. The van der Waals surface area contributed by atoms with E-state index in [4.69, 9.17) is 11.5 Å². The monoisotopic (exact) mass is 445 g/mol.